The second-order valence-electron chi connectivity index (χ2n) is 10.6. The molecule has 202 valence electrons. The molecule has 9 rings (SSSR count). The maximum atomic E-state index is 5.25. The van der Waals surface area contributed by atoms with Crippen LogP contribution < -0.4 is 4.90 Å². The summed E-state index contributed by atoms with van der Waals surface area (Å²) in [6, 6.07) is 49.5. The van der Waals surface area contributed by atoms with E-state index in [4.69, 9.17) is 9.97 Å². The van der Waals surface area contributed by atoms with Crippen molar-refractivity contribution in [3.8, 4) is 22.6 Å². The Morgan fingerprint density at radius 3 is 2.14 bits per heavy atom. The van der Waals surface area contributed by atoms with Crippen molar-refractivity contribution in [3.63, 3.8) is 0 Å². The van der Waals surface area contributed by atoms with Gasteiger partial charge in [0.1, 0.15) is 0 Å². The third-order valence-electron chi connectivity index (χ3n) is 8.05. The fraction of sp³-hybridized carbons (Fsp3) is 0. The summed E-state index contributed by atoms with van der Waals surface area (Å²) in [6.07, 6.45) is 0. The molecule has 0 spiro atoms. The lowest BCUT2D eigenvalue weighted by molar-refractivity contribution is 1.16. The highest BCUT2D eigenvalue weighted by atomic mass is 32.2. The Hall–Kier alpha value is -4.97. The average molecular weight is 586 g/mol. The smallest absolute Gasteiger partial charge is 0.160 e. The van der Waals surface area contributed by atoms with E-state index in [9.17, 15) is 0 Å². The summed E-state index contributed by atoms with van der Waals surface area (Å²) in [5, 5.41) is 3.62. The normalized spacial score (nSPS) is 12.5. The van der Waals surface area contributed by atoms with Gasteiger partial charge in [-0.15, -0.1) is 11.3 Å². The second kappa shape index (κ2) is 9.80. The van der Waals surface area contributed by atoms with Gasteiger partial charge in [0.25, 0.3) is 0 Å². The molecule has 1 aliphatic rings. The van der Waals surface area contributed by atoms with Crippen LogP contribution >= 0.6 is 23.1 Å². The van der Waals surface area contributed by atoms with Crippen molar-refractivity contribution < 1.29 is 0 Å². The standard InChI is InChI=1S/C38H23N3S2/c1-2-10-26(11-3-1)41-31-15-7-9-17-35(31)43-36-23-25(18-20-32(36)41)38-39-30-14-6-4-13-28(30)37(40-38)24-19-21-34-29(22-24)27-12-5-8-16-33(27)42-34/h1-23H. The molecule has 5 heteroatoms. The molecule has 0 bridgehead atoms. The Kier molecular flexibility index (Phi) is 5.61. The van der Waals surface area contributed by atoms with Crippen LogP contribution in [0.4, 0.5) is 17.1 Å². The Morgan fingerprint density at radius 1 is 0.488 bits per heavy atom. The lowest BCUT2D eigenvalue weighted by Crippen LogP contribution is -2.14. The van der Waals surface area contributed by atoms with Crippen LogP contribution in [0.1, 0.15) is 0 Å². The molecule has 6 aromatic carbocycles. The number of fused-ring (bicyclic) bond motifs is 6. The number of rotatable bonds is 3. The minimum atomic E-state index is 0.734. The van der Waals surface area contributed by atoms with E-state index in [1.54, 1.807) is 11.8 Å². The first-order chi connectivity index (χ1) is 21.3. The van der Waals surface area contributed by atoms with Crippen LogP contribution in [0, 0.1) is 0 Å². The Morgan fingerprint density at radius 2 is 1.21 bits per heavy atom. The molecule has 3 heterocycles. The summed E-state index contributed by atoms with van der Waals surface area (Å²) in [4.78, 5) is 15.1. The summed E-state index contributed by atoms with van der Waals surface area (Å²) in [6.45, 7) is 0. The third kappa shape index (κ3) is 4.04. The number of benzene rings is 6. The van der Waals surface area contributed by atoms with Crippen LogP contribution in [0.25, 0.3) is 53.7 Å². The maximum Gasteiger partial charge on any atom is 0.160 e. The zero-order valence-corrected chi connectivity index (χ0v) is 24.6. The maximum absolute atomic E-state index is 5.25. The monoisotopic (exact) mass is 585 g/mol. The lowest BCUT2D eigenvalue weighted by Gasteiger charge is -2.33. The fourth-order valence-corrected chi connectivity index (χ4v) is 8.23. The second-order valence-corrected chi connectivity index (χ2v) is 12.8. The molecular weight excluding hydrogens is 563 g/mol. The SMILES string of the molecule is c1ccc(N2c3ccccc3Sc3cc(-c4nc(-c5ccc6sc7ccccc7c6c5)c5ccccc5n4)ccc32)cc1. The van der Waals surface area contributed by atoms with E-state index < -0.39 is 0 Å². The van der Waals surface area contributed by atoms with Gasteiger partial charge in [-0.2, -0.15) is 0 Å². The zero-order valence-electron chi connectivity index (χ0n) is 22.9. The number of thiophene rings is 1. The number of anilines is 3. The molecule has 0 aliphatic carbocycles. The van der Waals surface area contributed by atoms with Crippen molar-refractivity contribution in [2.45, 2.75) is 9.79 Å². The first kappa shape index (κ1) is 24.6. The fourth-order valence-electron chi connectivity index (χ4n) is 6.05. The van der Waals surface area contributed by atoms with E-state index in [0.29, 0.717) is 0 Å². The summed E-state index contributed by atoms with van der Waals surface area (Å²) in [5.74, 6) is 0.734. The van der Waals surface area contributed by atoms with Gasteiger partial charge in [-0.25, -0.2) is 9.97 Å². The molecular formula is C38H23N3S2. The minimum Gasteiger partial charge on any atom is -0.308 e. The van der Waals surface area contributed by atoms with E-state index in [-0.39, 0.29) is 0 Å². The quantitative estimate of drug-likeness (QED) is 0.206. The molecule has 0 amide bonds. The van der Waals surface area contributed by atoms with Gasteiger partial charge in [0, 0.05) is 52.2 Å². The number of aromatic nitrogens is 2. The van der Waals surface area contributed by atoms with E-state index in [0.717, 1.165) is 44.9 Å². The van der Waals surface area contributed by atoms with Crippen molar-refractivity contribution in [2.24, 2.45) is 0 Å². The molecule has 0 saturated heterocycles. The highest BCUT2D eigenvalue weighted by Crippen LogP contribution is 2.52. The Bertz CT molecular complexity index is 2340. The molecule has 43 heavy (non-hydrogen) atoms. The van der Waals surface area contributed by atoms with Gasteiger partial charge in [0.15, 0.2) is 5.82 Å². The predicted octanol–water partition coefficient (Wildman–Crippen LogP) is 11.3. The molecule has 0 radical (unpaired) electrons. The molecule has 3 nitrogen and oxygen atoms in total. The first-order valence-corrected chi connectivity index (χ1v) is 15.9. The van der Waals surface area contributed by atoms with Gasteiger partial charge in [-0.3, -0.25) is 0 Å². The van der Waals surface area contributed by atoms with Crippen LogP contribution in [-0.4, -0.2) is 9.97 Å². The largest absolute Gasteiger partial charge is 0.308 e. The molecule has 1 aliphatic heterocycles. The average Bonchev–Trinajstić information content (AvgIpc) is 3.45. The van der Waals surface area contributed by atoms with Crippen molar-refractivity contribution in [1.82, 2.24) is 9.97 Å². The molecule has 2 aromatic heterocycles. The summed E-state index contributed by atoms with van der Waals surface area (Å²) < 4.78 is 2.60. The third-order valence-corrected chi connectivity index (χ3v) is 10.3. The van der Waals surface area contributed by atoms with Crippen molar-refractivity contribution in [3.05, 3.63) is 140 Å². The van der Waals surface area contributed by atoms with Crippen molar-refractivity contribution in [1.29, 1.82) is 0 Å². The van der Waals surface area contributed by atoms with E-state index in [2.05, 4.69) is 144 Å². The van der Waals surface area contributed by atoms with Crippen LogP contribution in [0.15, 0.2) is 149 Å². The van der Waals surface area contributed by atoms with E-state index >= 15 is 0 Å². The van der Waals surface area contributed by atoms with Gasteiger partial charge in [-0.1, -0.05) is 84.6 Å². The first-order valence-electron chi connectivity index (χ1n) is 14.3. The summed E-state index contributed by atoms with van der Waals surface area (Å²) >= 11 is 3.64. The molecule has 0 saturated carbocycles. The molecule has 0 unspecified atom stereocenters. The lowest BCUT2D eigenvalue weighted by atomic mass is 10.0. The number of hydrogen-bond acceptors (Lipinski definition) is 5. The highest BCUT2D eigenvalue weighted by molar-refractivity contribution is 7.99. The van der Waals surface area contributed by atoms with E-state index in [1.807, 2.05) is 11.3 Å². The molecule has 8 aromatic rings. The number of hydrogen-bond donors (Lipinski definition) is 0. The summed E-state index contributed by atoms with van der Waals surface area (Å²) in [7, 11) is 0. The van der Waals surface area contributed by atoms with Gasteiger partial charge in [0.2, 0.25) is 0 Å². The van der Waals surface area contributed by atoms with E-state index in [1.165, 1.54) is 35.7 Å². The number of nitrogens with zero attached hydrogens (tertiary/aromatic N) is 3. The van der Waals surface area contributed by atoms with Gasteiger partial charge in [-0.05, 0) is 66.7 Å². The van der Waals surface area contributed by atoms with Crippen molar-refractivity contribution in [2.75, 3.05) is 4.90 Å². The van der Waals surface area contributed by atoms with Gasteiger partial charge < -0.3 is 4.90 Å². The van der Waals surface area contributed by atoms with Gasteiger partial charge >= 0.3 is 0 Å². The Balaban J connectivity index is 1.21. The van der Waals surface area contributed by atoms with Crippen LogP contribution in [0.3, 0.4) is 0 Å². The molecule has 0 fully saturated rings. The van der Waals surface area contributed by atoms with Crippen LogP contribution in [0.2, 0.25) is 0 Å². The summed E-state index contributed by atoms with van der Waals surface area (Å²) in [5.41, 5.74) is 7.51. The van der Waals surface area contributed by atoms with Crippen LogP contribution in [0.5, 0.6) is 0 Å². The zero-order chi connectivity index (χ0) is 28.3. The highest BCUT2D eigenvalue weighted by Gasteiger charge is 2.25. The van der Waals surface area contributed by atoms with Crippen LogP contribution in [-0.2, 0) is 0 Å². The predicted molar refractivity (Wildman–Crippen MR) is 182 cm³/mol. The molecule has 0 atom stereocenters. The Labute approximate surface area is 257 Å². The topological polar surface area (TPSA) is 29.0 Å². The number of para-hydroxylation sites is 3. The van der Waals surface area contributed by atoms with Gasteiger partial charge in [0.05, 0.1) is 22.6 Å². The minimum absolute atomic E-state index is 0.734. The van der Waals surface area contributed by atoms with Crippen molar-refractivity contribution >= 4 is 71.2 Å². The molecule has 0 N–H and O–H groups in total.